The SMILES string of the molecule is O=C(/C=C/c1ccc(Br)o1)Nc1cccc(OC(F)(F)F)c1. The van der Waals surface area contributed by atoms with Gasteiger partial charge in [0.15, 0.2) is 4.67 Å². The van der Waals surface area contributed by atoms with Crippen LogP contribution >= 0.6 is 15.9 Å². The topological polar surface area (TPSA) is 51.5 Å². The number of alkyl halides is 3. The van der Waals surface area contributed by atoms with Crippen molar-refractivity contribution in [2.75, 3.05) is 5.32 Å². The third-order valence-electron chi connectivity index (χ3n) is 2.33. The van der Waals surface area contributed by atoms with Crippen molar-refractivity contribution in [2.45, 2.75) is 6.36 Å². The zero-order valence-electron chi connectivity index (χ0n) is 10.9. The highest BCUT2D eigenvalue weighted by Gasteiger charge is 2.31. The van der Waals surface area contributed by atoms with Gasteiger partial charge in [0.25, 0.3) is 0 Å². The zero-order valence-corrected chi connectivity index (χ0v) is 12.4. The van der Waals surface area contributed by atoms with E-state index in [0.29, 0.717) is 10.4 Å². The second kappa shape index (κ2) is 6.69. The summed E-state index contributed by atoms with van der Waals surface area (Å²) in [7, 11) is 0. The first-order chi connectivity index (χ1) is 10.3. The summed E-state index contributed by atoms with van der Waals surface area (Å²) in [6.07, 6.45) is -2.16. The van der Waals surface area contributed by atoms with Crippen molar-refractivity contribution in [3.63, 3.8) is 0 Å². The highest BCUT2D eigenvalue weighted by molar-refractivity contribution is 9.10. The summed E-state index contributed by atoms with van der Waals surface area (Å²) in [5, 5.41) is 2.42. The van der Waals surface area contributed by atoms with Gasteiger partial charge in [-0.05, 0) is 46.3 Å². The van der Waals surface area contributed by atoms with Crippen molar-refractivity contribution in [1.82, 2.24) is 0 Å². The van der Waals surface area contributed by atoms with Gasteiger partial charge in [-0.2, -0.15) is 0 Å². The maximum absolute atomic E-state index is 12.1. The van der Waals surface area contributed by atoms with Crippen LogP contribution in [0.5, 0.6) is 5.75 Å². The fourth-order valence-electron chi connectivity index (χ4n) is 1.53. The molecule has 4 nitrogen and oxygen atoms in total. The molecule has 0 spiro atoms. The van der Waals surface area contributed by atoms with Crippen LogP contribution < -0.4 is 10.1 Å². The van der Waals surface area contributed by atoms with Crippen molar-refractivity contribution < 1.29 is 27.1 Å². The average Bonchev–Trinajstić information content (AvgIpc) is 2.81. The number of carbonyl (C=O) groups is 1. The third-order valence-corrected chi connectivity index (χ3v) is 2.75. The van der Waals surface area contributed by atoms with Gasteiger partial charge in [0.1, 0.15) is 11.5 Å². The maximum Gasteiger partial charge on any atom is 0.573 e. The van der Waals surface area contributed by atoms with E-state index in [-0.39, 0.29) is 5.69 Å². The minimum Gasteiger partial charge on any atom is -0.450 e. The number of benzene rings is 1. The minimum absolute atomic E-state index is 0.178. The van der Waals surface area contributed by atoms with Crippen LogP contribution in [0.25, 0.3) is 6.08 Å². The van der Waals surface area contributed by atoms with Crippen molar-refractivity contribution in [3.8, 4) is 5.75 Å². The van der Waals surface area contributed by atoms with E-state index < -0.39 is 18.0 Å². The lowest BCUT2D eigenvalue weighted by atomic mass is 10.3. The molecule has 1 N–H and O–H groups in total. The molecule has 0 fully saturated rings. The summed E-state index contributed by atoms with van der Waals surface area (Å²) < 4.78 is 45.8. The van der Waals surface area contributed by atoms with Crippen LogP contribution in [0.15, 0.2) is 51.6 Å². The Morgan fingerprint density at radius 1 is 1.27 bits per heavy atom. The summed E-state index contributed by atoms with van der Waals surface area (Å²) >= 11 is 3.12. The van der Waals surface area contributed by atoms with Crippen molar-refractivity contribution in [1.29, 1.82) is 0 Å². The molecule has 1 heterocycles. The average molecular weight is 376 g/mol. The van der Waals surface area contributed by atoms with Crippen LogP contribution in [0.2, 0.25) is 0 Å². The van der Waals surface area contributed by atoms with Gasteiger partial charge in [-0.15, -0.1) is 13.2 Å². The van der Waals surface area contributed by atoms with E-state index in [4.69, 9.17) is 4.42 Å². The van der Waals surface area contributed by atoms with Crippen LogP contribution in [0, 0.1) is 0 Å². The molecule has 2 rings (SSSR count). The van der Waals surface area contributed by atoms with Crippen molar-refractivity contribution in [2.24, 2.45) is 0 Å². The number of carbonyl (C=O) groups excluding carboxylic acids is 1. The number of nitrogens with one attached hydrogen (secondary N) is 1. The first kappa shape index (κ1) is 16.2. The fraction of sp³-hybridized carbons (Fsp3) is 0.0714. The van der Waals surface area contributed by atoms with Gasteiger partial charge in [0.05, 0.1) is 0 Å². The quantitative estimate of drug-likeness (QED) is 0.794. The van der Waals surface area contributed by atoms with Gasteiger partial charge in [-0.3, -0.25) is 4.79 Å². The van der Waals surface area contributed by atoms with Gasteiger partial charge < -0.3 is 14.5 Å². The highest BCUT2D eigenvalue weighted by Crippen LogP contribution is 2.25. The Hall–Kier alpha value is -2.22. The minimum atomic E-state index is -4.78. The molecule has 0 atom stereocenters. The molecule has 0 radical (unpaired) electrons. The molecule has 0 saturated heterocycles. The number of furan rings is 1. The van der Waals surface area contributed by atoms with Crippen molar-refractivity contribution >= 4 is 33.6 Å². The molecule has 0 aliphatic rings. The predicted molar refractivity (Wildman–Crippen MR) is 77.2 cm³/mol. The zero-order chi connectivity index (χ0) is 16.2. The maximum atomic E-state index is 12.1. The Balaban J connectivity index is 1.99. The number of halogens is 4. The van der Waals surface area contributed by atoms with Crippen LogP contribution in [-0.2, 0) is 4.79 Å². The van der Waals surface area contributed by atoms with E-state index in [9.17, 15) is 18.0 Å². The van der Waals surface area contributed by atoms with E-state index >= 15 is 0 Å². The second-order valence-corrected chi connectivity index (χ2v) is 4.82. The van der Waals surface area contributed by atoms with Gasteiger partial charge >= 0.3 is 6.36 Å². The number of ether oxygens (including phenoxy) is 1. The number of hydrogen-bond donors (Lipinski definition) is 1. The molecular formula is C14H9BrF3NO3. The Morgan fingerprint density at radius 3 is 2.68 bits per heavy atom. The van der Waals surface area contributed by atoms with E-state index in [0.717, 1.165) is 12.1 Å². The molecule has 0 unspecified atom stereocenters. The number of anilines is 1. The molecular weight excluding hydrogens is 367 g/mol. The monoisotopic (exact) mass is 375 g/mol. The van der Waals surface area contributed by atoms with Gasteiger partial charge in [0, 0.05) is 17.8 Å². The predicted octanol–water partition coefficient (Wildman–Crippen LogP) is 4.59. The first-order valence-electron chi connectivity index (χ1n) is 5.92. The smallest absolute Gasteiger partial charge is 0.450 e. The third kappa shape index (κ3) is 5.28. The molecule has 1 aromatic heterocycles. The summed E-state index contributed by atoms with van der Waals surface area (Å²) in [6.45, 7) is 0. The van der Waals surface area contributed by atoms with Crippen LogP contribution in [0.4, 0.5) is 18.9 Å². The highest BCUT2D eigenvalue weighted by atomic mass is 79.9. The molecule has 1 amide bonds. The Kier molecular flexibility index (Phi) is 4.92. The molecule has 0 aliphatic carbocycles. The lowest BCUT2D eigenvalue weighted by Gasteiger charge is -2.10. The van der Waals surface area contributed by atoms with Gasteiger partial charge in [-0.1, -0.05) is 6.07 Å². The van der Waals surface area contributed by atoms with E-state index in [1.54, 1.807) is 12.1 Å². The second-order valence-electron chi connectivity index (χ2n) is 4.04. The molecule has 1 aromatic carbocycles. The summed E-state index contributed by atoms with van der Waals surface area (Å²) in [6, 6.07) is 8.30. The molecule has 0 saturated carbocycles. The summed E-state index contributed by atoms with van der Waals surface area (Å²) in [5.41, 5.74) is 0.178. The van der Waals surface area contributed by atoms with Crippen molar-refractivity contribution in [3.05, 3.63) is 52.9 Å². The normalized spacial score (nSPS) is 11.6. The molecule has 8 heteroatoms. The Morgan fingerprint density at radius 2 is 2.05 bits per heavy atom. The fourth-order valence-corrected chi connectivity index (χ4v) is 1.85. The van der Waals surface area contributed by atoms with E-state index in [1.807, 2.05) is 0 Å². The molecule has 22 heavy (non-hydrogen) atoms. The van der Waals surface area contributed by atoms with Crippen LogP contribution in [0.1, 0.15) is 5.76 Å². The Labute approximate surface area is 131 Å². The van der Waals surface area contributed by atoms with Gasteiger partial charge in [0.2, 0.25) is 5.91 Å². The molecule has 116 valence electrons. The standard InChI is InChI=1S/C14H9BrF3NO3/c15-12-6-4-10(21-12)5-7-13(20)19-9-2-1-3-11(8-9)22-14(16,17)18/h1-8H,(H,19,20)/b7-5+. The summed E-state index contributed by atoms with van der Waals surface area (Å²) in [4.78, 5) is 11.7. The number of amides is 1. The number of hydrogen-bond acceptors (Lipinski definition) is 3. The molecule has 0 aliphatic heterocycles. The molecule has 2 aromatic rings. The number of rotatable bonds is 4. The van der Waals surface area contributed by atoms with E-state index in [1.165, 1.54) is 24.3 Å². The Bertz CT molecular complexity index is 695. The largest absolute Gasteiger partial charge is 0.573 e. The lowest BCUT2D eigenvalue weighted by Crippen LogP contribution is -2.17. The van der Waals surface area contributed by atoms with Gasteiger partial charge in [-0.25, -0.2) is 0 Å². The van der Waals surface area contributed by atoms with E-state index in [2.05, 4.69) is 26.0 Å². The lowest BCUT2D eigenvalue weighted by molar-refractivity contribution is -0.274. The van der Waals surface area contributed by atoms with Crippen LogP contribution in [0.3, 0.4) is 0 Å². The molecule has 0 bridgehead atoms. The summed E-state index contributed by atoms with van der Waals surface area (Å²) in [5.74, 6) is -0.475. The first-order valence-corrected chi connectivity index (χ1v) is 6.71. The van der Waals surface area contributed by atoms with Crippen LogP contribution in [-0.4, -0.2) is 12.3 Å².